The predicted octanol–water partition coefficient (Wildman–Crippen LogP) is 4.72. The third kappa shape index (κ3) is 6.09. The number of H-pyrrole nitrogens is 1. The average molecular weight is 475 g/mol. The number of anilines is 1. The molecule has 0 aliphatic carbocycles. The van der Waals surface area contributed by atoms with E-state index < -0.39 is 0 Å². The number of pyridine rings is 1. The first-order chi connectivity index (χ1) is 17.1. The van der Waals surface area contributed by atoms with Crippen LogP contribution in [0.25, 0.3) is 11.0 Å². The lowest BCUT2D eigenvalue weighted by Gasteiger charge is -2.25. The second-order valence-corrected chi connectivity index (χ2v) is 8.17. The summed E-state index contributed by atoms with van der Waals surface area (Å²) in [6, 6.07) is 19.3. The van der Waals surface area contributed by atoms with Gasteiger partial charge in [0.2, 0.25) is 5.56 Å². The third-order valence-electron chi connectivity index (χ3n) is 5.63. The van der Waals surface area contributed by atoms with Crippen molar-refractivity contribution in [2.75, 3.05) is 25.7 Å². The zero-order chi connectivity index (χ0) is 24.6. The number of rotatable bonds is 11. The van der Waals surface area contributed by atoms with E-state index in [1.54, 1.807) is 20.3 Å². The maximum absolute atomic E-state index is 12.2. The van der Waals surface area contributed by atoms with Gasteiger partial charge in [0, 0.05) is 19.2 Å². The van der Waals surface area contributed by atoms with Crippen LogP contribution in [0.15, 0.2) is 65.5 Å². The summed E-state index contributed by atoms with van der Waals surface area (Å²) in [6.45, 7) is 3.73. The minimum atomic E-state index is -0.212. The first kappa shape index (κ1) is 24.1. The molecule has 2 aromatic carbocycles. The third-order valence-corrected chi connectivity index (χ3v) is 5.63. The smallest absolute Gasteiger partial charge is 0.319 e. The normalized spacial score (nSPS) is 10.8. The lowest BCUT2D eigenvalue weighted by atomic mass is 10.1. The van der Waals surface area contributed by atoms with E-state index in [1.165, 1.54) is 6.07 Å². The van der Waals surface area contributed by atoms with Gasteiger partial charge in [-0.2, -0.15) is 9.97 Å². The van der Waals surface area contributed by atoms with Crippen molar-refractivity contribution in [1.29, 1.82) is 0 Å². The Balaban J connectivity index is 1.77. The topological polar surface area (TPSA) is 89.6 Å². The Morgan fingerprint density at radius 3 is 1.97 bits per heavy atom. The molecule has 1 N–H and O–H groups in total. The van der Waals surface area contributed by atoms with Crippen LogP contribution in [0.1, 0.15) is 30.9 Å². The van der Waals surface area contributed by atoms with Crippen LogP contribution in [-0.4, -0.2) is 35.8 Å². The number of aromatic nitrogens is 3. The van der Waals surface area contributed by atoms with E-state index in [-0.39, 0.29) is 5.56 Å². The van der Waals surface area contributed by atoms with Gasteiger partial charge in [-0.15, -0.1) is 0 Å². The molecule has 2 aromatic heterocycles. The summed E-state index contributed by atoms with van der Waals surface area (Å²) >= 11 is 0. The number of unbranched alkanes of at least 4 members (excludes halogenated alkanes) is 1. The summed E-state index contributed by atoms with van der Waals surface area (Å²) in [5.74, 6) is 2.18. The Kier molecular flexibility index (Phi) is 7.82. The molecule has 0 amide bonds. The lowest BCUT2D eigenvalue weighted by Crippen LogP contribution is -2.25. The number of nitrogens with one attached hydrogen (secondary N) is 1. The van der Waals surface area contributed by atoms with Gasteiger partial charge in [-0.25, -0.2) is 0 Å². The highest BCUT2D eigenvalue weighted by Crippen LogP contribution is 2.28. The van der Waals surface area contributed by atoms with Gasteiger partial charge in [-0.1, -0.05) is 37.6 Å². The molecule has 8 heteroatoms. The molecule has 0 saturated carbocycles. The Labute approximate surface area is 204 Å². The molecule has 4 rings (SSSR count). The standard InChI is InChI=1S/C27H30N4O4/c1-4-5-16-35-27-28-23-14-15-24(32)29-25(23)26(30-27)31(17-19-6-10-21(33-2)11-7-19)18-20-8-12-22(34-3)13-9-20/h6-15H,4-5,16-18H2,1-3H3,(H,29,32). The largest absolute Gasteiger partial charge is 0.497 e. The van der Waals surface area contributed by atoms with E-state index in [0.29, 0.717) is 42.6 Å². The molecule has 2 heterocycles. The van der Waals surface area contributed by atoms with Crippen molar-refractivity contribution >= 4 is 16.9 Å². The van der Waals surface area contributed by atoms with Crippen molar-refractivity contribution in [2.45, 2.75) is 32.9 Å². The molecule has 0 saturated heterocycles. The molecule has 8 nitrogen and oxygen atoms in total. The fourth-order valence-corrected chi connectivity index (χ4v) is 3.71. The van der Waals surface area contributed by atoms with Crippen molar-refractivity contribution in [1.82, 2.24) is 15.0 Å². The molecule has 35 heavy (non-hydrogen) atoms. The van der Waals surface area contributed by atoms with Crippen LogP contribution in [0.4, 0.5) is 5.82 Å². The molecular weight excluding hydrogens is 444 g/mol. The molecule has 0 aliphatic heterocycles. The molecule has 0 unspecified atom stereocenters. The van der Waals surface area contributed by atoms with Gasteiger partial charge in [0.25, 0.3) is 0 Å². The number of benzene rings is 2. The van der Waals surface area contributed by atoms with Gasteiger partial charge in [0.1, 0.15) is 17.0 Å². The van der Waals surface area contributed by atoms with Crippen molar-refractivity contribution in [3.8, 4) is 17.5 Å². The predicted molar refractivity (Wildman–Crippen MR) is 136 cm³/mol. The fourth-order valence-electron chi connectivity index (χ4n) is 3.71. The van der Waals surface area contributed by atoms with E-state index in [9.17, 15) is 4.79 Å². The van der Waals surface area contributed by atoms with Crippen LogP contribution < -0.4 is 24.7 Å². The number of nitrogens with zero attached hydrogens (tertiary/aromatic N) is 3. The van der Waals surface area contributed by atoms with E-state index in [0.717, 1.165) is 35.5 Å². The molecule has 0 spiro atoms. The van der Waals surface area contributed by atoms with Gasteiger partial charge >= 0.3 is 6.01 Å². The molecule has 0 aliphatic rings. The first-order valence-corrected chi connectivity index (χ1v) is 11.6. The molecule has 0 atom stereocenters. The van der Waals surface area contributed by atoms with Crippen molar-refractivity contribution in [2.24, 2.45) is 0 Å². The molecule has 0 fully saturated rings. The van der Waals surface area contributed by atoms with Crippen molar-refractivity contribution < 1.29 is 14.2 Å². The average Bonchev–Trinajstić information content (AvgIpc) is 2.89. The number of hydrogen-bond acceptors (Lipinski definition) is 7. The van der Waals surface area contributed by atoms with Gasteiger partial charge in [0.15, 0.2) is 5.82 Å². The summed E-state index contributed by atoms with van der Waals surface area (Å²) in [7, 11) is 3.29. The van der Waals surface area contributed by atoms with Crippen LogP contribution >= 0.6 is 0 Å². The Hall–Kier alpha value is -4.07. The van der Waals surface area contributed by atoms with Gasteiger partial charge in [0.05, 0.1) is 26.3 Å². The highest BCUT2D eigenvalue weighted by molar-refractivity contribution is 5.85. The fraction of sp³-hybridized carbons (Fsp3) is 0.296. The van der Waals surface area contributed by atoms with Crippen LogP contribution in [-0.2, 0) is 13.1 Å². The van der Waals surface area contributed by atoms with E-state index >= 15 is 0 Å². The minimum Gasteiger partial charge on any atom is -0.497 e. The van der Waals surface area contributed by atoms with E-state index in [4.69, 9.17) is 19.2 Å². The summed E-state index contributed by atoms with van der Waals surface area (Å²) in [5.41, 5.74) is 3.12. The maximum Gasteiger partial charge on any atom is 0.319 e. The number of methoxy groups -OCH3 is 2. The summed E-state index contributed by atoms with van der Waals surface area (Å²) in [6.07, 6.45) is 1.92. The second kappa shape index (κ2) is 11.4. The molecule has 4 aromatic rings. The van der Waals surface area contributed by atoms with Gasteiger partial charge < -0.3 is 24.1 Å². The Morgan fingerprint density at radius 1 is 0.829 bits per heavy atom. The molecule has 0 bridgehead atoms. The van der Waals surface area contributed by atoms with Gasteiger partial charge in [-0.3, -0.25) is 4.79 Å². The molecule has 182 valence electrons. The van der Waals surface area contributed by atoms with E-state index in [1.807, 2.05) is 48.5 Å². The number of aromatic amines is 1. The number of hydrogen-bond donors (Lipinski definition) is 1. The quantitative estimate of drug-likeness (QED) is 0.315. The van der Waals surface area contributed by atoms with Crippen LogP contribution in [0.5, 0.6) is 17.5 Å². The maximum atomic E-state index is 12.2. The SMILES string of the molecule is CCCCOc1nc(N(Cc2ccc(OC)cc2)Cc2ccc(OC)cc2)c2[nH]c(=O)ccc2n1. The summed E-state index contributed by atoms with van der Waals surface area (Å²) in [4.78, 5) is 26.5. The summed E-state index contributed by atoms with van der Waals surface area (Å²) < 4.78 is 16.5. The first-order valence-electron chi connectivity index (χ1n) is 11.6. The zero-order valence-corrected chi connectivity index (χ0v) is 20.3. The Bertz CT molecular complexity index is 1250. The number of ether oxygens (including phenoxy) is 3. The lowest BCUT2D eigenvalue weighted by molar-refractivity contribution is 0.286. The number of fused-ring (bicyclic) bond motifs is 1. The zero-order valence-electron chi connectivity index (χ0n) is 20.3. The Morgan fingerprint density at radius 2 is 1.43 bits per heavy atom. The van der Waals surface area contributed by atoms with Crippen LogP contribution in [0.2, 0.25) is 0 Å². The monoisotopic (exact) mass is 474 g/mol. The second-order valence-electron chi connectivity index (χ2n) is 8.17. The van der Waals surface area contributed by atoms with Gasteiger partial charge in [-0.05, 0) is 47.9 Å². The van der Waals surface area contributed by atoms with Crippen molar-refractivity contribution in [3.05, 3.63) is 82.1 Å². The van der Waals surface area contributed by atoms with E-state index in [2.05, 4.69) is 21.8 Å². The molecular formula is C27H30N4O4. The van der Waals surface area contributed by atoms with Crippen LogP contribution in [0, 0.1) is 0 Å². The highest BCUT2D eigenvalue weighted by Gasteiger charge is 2.18. The highest BCUT2D eigenvalue weighted by atomic mass is 16.5. The summed E-state index contributed by atoms with van der Waals surface area (Å²) in [5, 5.41) is 0. The van der Waals surface area contributed by atoms with Crippen LogP contribution in [0.3, 0.4) is 0 Å². The van der Waals surface area contributed by atoms with Crippen molar-refractivity contribution in [3.63, 3.8) is 0 Å². The molecule has 0 radical (unpaired) electrons. The minimum absolute atomic E-state index is 0.212.